The van der Waals surface area contributed by atoms with Crippen LogP contribution < -0.4 is 5.32 Å². The molecule has 0 aliphatic heterocycles. The van der Waals surface area contributed by atoms with E-state index < -0.39 is 0 Å². The van der Waals surface area contributed by atoms with Crippen molar-refractivity contribution in [1.82, 2.24) is 20.0 Å². The van der Waals surface area contributed by atoms with Crippen molar-refractivity contribution in [3.8, 4) is 0 Å². The summed E-state index contributed by atoms with van der Waals surface area (Å²) in [5.74, 6) is 0. The van der Waals surface area contributed by atoms with Gasteiger partial charge in [0.25, 0.3) is 0 Å². The van der Waals surface area contributed by atoms with E-state index in [0.717, 1.165) is 17.4 Å². The summed E-state index contributed by atoms with van der Waals surface area (Å²) in [7, 11) is 1.93. The van der Waals surface area contributed by atoms with Crippen LogP contribution in [0.25, 0.3) is 0 Å². The van der Waals surface area contributed by atoms with E-state index in [1.54, 1.807) is 0 Å². The molecule has 2 rings (SSSR count). The minimum absolute atomic E-state index is 0.681. The molecular weight excluding hydrogens is 230 g/mol. The third-order valence-corrected chi connectivity index (χ3v) is 3.25. The number of nitrogens with one attached hydrogen (secondary N) is 2. The summed E-state index contributed by atoms with van der Waals surface area (Å²) in [4.78, 5) is 0. The quantitative estimate of drug-likeness (QED) is 0.805. The predicted octanol–water partition coefficient (Wildman–Crippen LogP) is 1.85. The van der Waals surface area contributed by atoms with Crippen molar-refractivity contribution in [2.75, 3.05) is 5.32 Å². The SMILES string of the molecule is Cc1c(CNc2n[nH]c(=S)s2)cnn1C. The van der Waals surface area contributed by atoms with Crippen LogP contribution in [0.4, 0.5) is 5.13 Å². The molecule has 0 saturated carbocycles. The number of anilines is 1. The molecule has 0 fully saturated rings. The van der Waals surface area contributed by atoms with Gasteiger partial charge in [0.2, 0.25) is 5.13 Å². The van der Waals surface area contributed by atoms with Gasteiger partial charge in [0.1, 0.15) is 0 Å². The average Bonchev–Trinajstić information content (AvgIpc) is 2.74. The molecule has 0 aliphatic rings. The number of aromatic nitrogens is 4. The molecular formula is C8H11N5S2. The Kier molecular flexibility index (Phi) is 2.83. The molecule has 2 heterocycles. The fraction of sp³-hybridized carbons (Fsp3) is 0.375. The van der Waals surface area contributed by atoms with Crippen LogP contribution >= 0.6 is 23.6 Å². The summed E-state index contributed by atoms with van der Waals surface area (Å²) >= 11 is 6.37. The van der Waals surface area contributed by atoms with Crippen molar-refractivity contribution < 1.29 is 0 Å². The van der Waals surface area contributed by atoms with E-state index in [1.807, 2.05) is 24.9 Å². The molecule has 0 radical (unpaired) electrons. The lowest BCUT2D eigenvalue weighted by Crippen LogP contribution is -2.01. The topological polar surface area (TPSA) is 58.5 Å². The molecule has 7 heteroatoms. The van der Waals surface area contributed by atoms with Gasteiger partial charge in [0.05, 0.1) is 6.20 Å². The lowest BCUT2D eigenvalue weighted by atomic mass is 10.2. The maximum Gasteiger partial charge on any atom is 0.204 e. The number of H-pyrrole nitrogens is 1. The molecule has 0 atom stereocenters. The molecule has 80 valence electrons. The van der Waals surface area contributed by atoms with Gasteiger partial charge < -0.3 is 5.32 Å². The number of aryl methyl sites for hydroxylation is 1. The normalized spacial score (nSPS) is 10.5. The largest absolute Gasteiger partial charge is 0.356 e. The summed E-state index contributed by atoms with van der Waals surface area (Å²) in [6.45, 7) is 2.76. The Morgan fingerprint density at radius 2 is 2.47 bits per heavy atom. The monoisotopic (exact) mass is 241 g/mol. The summed E-state index contributed by atoms with van der Waals surface area (Å²) in [5.41, 5.74) is 2.32. The predicted molar refractivity (Wildman–Crippen MR) is 62.6 cm³/mol. The molecule has 2 N–H and O–H groups in total. The van der Waals surface area contributed by atoms with Gasteiger partial charge in [-0.15, -0.1) is 5.10 Å². The van der Waals surface area contributed by atoms with Gasteiger partial charge in [0.15, 0.2) is 3.95 Å². The van der Waals surface area contributed by atoms with Crippen molar-refractivity contribution in [2.24, 2.45) is 7.05 Å². The number of hydrogen-bond donors (Lipinski definition) is 2. The van der Waals surface area contributed by atoms with E-state index in [1.165, 1.54) is 16.9 Å². The molecule has 0 aromatic carbocycles. The van der Waals surface area contributed by atoms with Gasteiger partial charge in [-0.05, 0) is 19.1 Å². The number of hydrogen-bond acceptors (Lipinski definition) is 5. The van der Waals surface area contributed by atoms with Crippen LogP contribution in [0.2, 0.25) is 0 Å². The smallest absolute Gasteiger partial charge is 0.204 e. The number of aromatic amines is 1. The van der Waals surface area contributed by atoms with Gasteiger partial charge in [-0.1, -0.05) is 11.3 Å². The molecule has 0 bridgehead atoms. The second-order valence-corrected chi connectivity index (χ2v) is 4.82. The molecule has 0 aliphatic carbocycles. The average molecular weight is 241 g/mol. The lowest BCUT2D eigenvalue weighted by molar-refractivity contribution is 0.738. The van der Waals surface area contributed by atoms with E-state index in [0.29, 0.717) is 3.95 Å². The molecule has 0 saturated heterocycles. The summed E-state index contributed by atoms with van der Waals surface area (Å²) < 4.78 is 2.53. The third-order valence-electron chi connectivity index (χ3n) is 2.21. The van der Waals surface area contributed by atoms with E-state index in [4.69, 9.17) is 12.2 Å². The van der Waals surface area contributed by atoms with Gasteiger partial charge >= 0.3 is 0 Å². The van der Waals surface area contributed by atoms with Crippen LogP contribution in [0.15, 0.2) is 6.20 Å². The molecule has 2 aromatic heterocycles. The number of rotatable bonds is 3. The maximum atomic E-state index is 4.94. The van der Waals surface area contributed by atoms with Crippen molar-refractivity contribution in [2.45, 2.75) is 13.5 Å². The summed E-state index contributed by atoms with van der Waals surface area (Å²) in [5, 5.41) is 14.9. The Bertz CT molecular complexity index is 509. The maximum absolute atomic E-state index is 4.94. The van der Waals surface area contributed by atoms with Gasteiger partial charge in [-0.25, -0.2) is 0 Å². The molecule has 2 aromatic rings. The highest BCUT2D eigenvalue weighted by Crippen LogP contribution is 2.13. The Balaban J connectivity index is 2.05. The van der Waals surface area contributed by atoms with Crippen molar-refractivity contribution in [3.63, 3.8) is 0 Å². The Morgan fingerprint density at radius 1 is 1.67 bits per heavy atom. The molecule has 0 amide bonds. The van der Waals surface area contributed by atoms with Crippen molar-refractivity contribution in [1.29, 1.82) is 0 Å². The Hall–Kier alpha value is -1.21. The highest BCUT2D eigenvalue weighted by atomic mass is 32.1. The van der Waals surface area contributed by atoms with Gasteiger partial charge in [0, 0.05) is 24.8 Å². The van der Waals surface area contributed by atoms with Crippen LogP contribution in [0.3, 0.4) is 0 Å². The van der Waals surface area contributed by atoms with Crippen LogP contribution in [-0.2, 0) is 13.6 Å². The number of nitrogens with zero attached hydrogens (tertiary/aromatic N) is 3. The van der Waals surface area contributed by atoms with Gasteiger partial charge in [-0.3, -0.25) is 9.78 Å². The molecule has 15 heavy (non-hydrogen) atoms. The molecule has 5 nitrogen and oxygen atoms in total. The van der Waals surface area contributed by atoms with Crippen molar-refractivity contribution >= 4 is 28.7 Å². The van der Waals surface area contributed by atoms with Gasteiger partial charge in [-0.2, -0.15) is 5.10 Å². The molecule has 0 unspecified atom stereocenters. The fourth-order valence-corrected chi connectivity index (χ4v) is 1.98. The van der Waals surface area contributed by atoms with E-state index in [-0.39, 0.29) is 0 Å². The van der Waals surface area contributed by atoms with Crippen LogP contribution in [0.5, 0.6) is 0 Å². The first-order valence-corrected chi connectivity index (χ1v) is 5.66. The van der Waals surface area contributed by atoms with Crippen LogP contribution in [0.1, 0.15) is 11.3 Å². The second kappa shape index (κ2) is 4.11. The first kappa shape index (κ1) is 10.3. The fourth-order valence-electron chi connectivity index (χ4n) is 1.19. The Labute approximate surface area is 96.1 Å². The zero-order valence-electron chi connectivity index (χ0n) is 8.44. The first-order chi connectivity index (χ1) is 7.16. The van der Waals surface area contributed by atoms with E-state index in [9.17, 15) is 0 Å². The highest BCUT2D eigenvalue weighted by Gasteiger charge is 2.04. The third kappa shape index (κ3) is 2.24. The minimum Gasteiger partial charge on any atom is -0.356 e. The molecule has 0 spiro atoms. The minimum atomic E-state index is 0.681. The second-order valence-electron chi connectivity index (χ2n) is 3.15. The lowest BCUT2D eigenvalue weighted by Gasteiger charge is -2.01. The van der Waals surface area contributed by atoms with Crippen molar-refractivity contribution in [3.05, 3.63) is 21.4 Å². The zero-order valence-corrected chi connectivity index (χ0v) is 10.1. The van der Waals surface area contributed by atoms with E-state index in [2.05, 4.69) is 20.6 Å². The van der Waals surface area contributed by atoms with Crippen LogP contribution in [-0.4, -0.2) is 20.0 Å². The standard InChI is InChI=1S/C8H11N5S2/c1-5-6(4-10-13(5)2)3-9-7-11-12-8(14)15-7/h4H,3H2,1-2H3,(H,9,11)(H,12,14). The highest BCUT2D eigenvalue weighted by molar-refractivity contribution is 7.73. The zero-order chi connectivity index (χ0) is 10.8. The Morgan fingerprint density at radius 3 is 3.00 bits per heavy atom. The first-order valence-electron chi connectivity index (χ1n) is 4.43. The summed E-state index contributed by atoms with van der Waals surface area (Å²) in [6.07, 6.45) is 1.86. The van der Waals surface area contributed by atoms with E-state index >= 15 is 0 Å². The summed E-state index contributed by atoms with van der Waals surface area (Å²) in [6, 6.07) is 0. The van der Waals surface area contributed by atoms with Crippen LogP contribution in [0, 0.1) is 10.9 Å².